The van der Waals surface area contributed by atoms with Gasteiger partial charge in [-0.25, -0.2) is 4.39 Å². The minimum atomic E-state index is -0.632. The number of hydrogen-bond donors (Lipinski definition) is 1. The molecule has 106 valence electrons. The molecule has 2 nitrogen and oxygen atoms in total. The summed E-state index contributed by atoms with van der Waals surface area (Å²) in [5.41, 5.74) is 2.32. The fraction of sp³-hybridized carbons (Fsp3) is 0.250. The fourth-order valence-electron chi connectivity index (χ4n) is 1.94. The van der Waals surface area contributed by atoms with E-state index in [1.165, 1.54) is 18.2 Å². The maximum Gasteiger partial charge on any atom is 0.125 e. The highest BCUT2D eigenvalue weighted by molar-refractivity contribution is 6.31. The minimum Gasteiger partial charge on any atom is -0.488 e. The Balaban J connectivity index is 2.20. The van der Waals surface area contributed by atoms with Crippen LogP contribution in [0.1, 0.15) is 29.7 Å². The number of aliphatic hydroxyl groups is 1. The van der Waals surface area contributed by atoms with E-state index in [0.717, 1.165) is 5.56 Å². The monoisotopic (exact) mass is 294 g/mol. The topological polar surface area (TPSA) is 29.5 Å². The molecule has 1 atom stereocenters. The lowest BCUT2D eigenvalue weighted by Crippen LogP contribution is -2.02. The molecule has 0 spiro atoms. The molecule has 0 aliphatic carbocycles. The first-order chi connectivity index (χ1) is 9.47. The molecule has 20 heavy (non-hydrogen) atoms. The van der Waals surface area contributed by atoms with Gasteiger partial charge in [-0.15, -0.1) is 0 Å². The van der Waals surface area contributed by atoms with Crippen molar-refractivity contribution in [3.8, 4) is 5.75 Å². The van der Waals surface area contributed by atoms with E-state index >= 15 is 0 Å². The molecule has 0 saturated carbocycles. The molecule has 2 aromatic carbocycles. The molecule has 0 aliphatic rings. The number of aliphatic hydroxyl groups excluding tert-OH is 1. The molecule has 0 aliphatic heterocycles. The smallest absolute Gasteiger partial charge is 0.125 e. The predicted molar refractivity (Wildman–Crippen MR) is 77.6 cm³/mol. The molecular weight excluding hydrogens is 279 g/mol. The van der Waals surface area contributed by atoms with Crippen molar-refractivity contribution in [2.24, 2.45) is 0 Å². The average Bonchev–Trinajstić information content (AvgIpc) is 2.40. The third-order valence-corrected chi connectivity index (χ3v) is 3.38. The molecule has 0 radical (unpaired) electrons. The lowest BCUT2D eigenvalue weighted by molar-refractivity contribution is 0.190. The van der Waals surface area contributed by atoms with E-state index in [2.05, 4.69) is 0 Å². The van der Waals surface area contributed by atoms with Gasteiger partial charge in [-0.1, -0.05) is 23.2 Å². The number of rotatable bonds is 4. The lowest BCUT2D eigenvalue weighted by atomic mass is 10.1. The van der Waals surface area contributed by atoms with E-state index in [9.17, 15) is 9.50 Å². The van der Waals surface area contributed by atoms with Crippen LogP contribution >= 0.6 is 11.6 Å². The zero-order valence-corrected chi connectivity index (χ0v) is 12.1. The van der Waals surface area contributed by atoms with Gasteiger partial charge >= 0.3 is 0 Å². The first kappa shape index (κ1) is 14.8. The highest BCUT2D eigenvalue weighted by Crippen LogP contribution is 2.28. The van der Waals surface area contributed by atoms with Crippen LogP contribution in [-0.4, -0.2) is 5.11 Å². The molecule has 1 unspecified atom stereocenters. The summed E-state index contributed by atoms with van der Waals surface area (Å²) < 4.78 is 18.8. The van der Waals surface area contributed by atoms with Crippen LogP contribution < -0.4 is 4.74 Å². The summed E-state index contributed by atoms with van der Waals surface area (Å²) in [5, 5.41) is 10.2. The number of hydrogen-bond acceptors (Lipinski definition) is 2. The average molecular weight is 295 g/mol. The van der Waals surface area contributed by atoms with Gasteiger partial charge in [0.05, 0.1) is 6.10 Å². The van der Waals surface area contributed by atoms with Crippen molar-refractivity contribution in [3.63, 3.8) is 0 Å². The van der Waals surface area contributed by atoms with Crippen molar-refractivity contribution in [2.45, 2.75) is 26.6 Å². The van der Waals surface area contributed by atoms with E-state index < -0.39 is 6.10 Å². The third kappa shape index (κ3) is 3.50. The van der Waals surface area contributed by atoms with Crippen LogP contribution in [0.15, 0.2) is 36.4 Å². The van der Waals surface area contributed by atoms with E-state index in [-0.39, 0.29) is 12.4 Å². The van der Waals surface area contributed by atoms with Gasteiger partial charge in [0.2, 0.25) is 0 Å². The van der Waals surface area contributed by atoms with Crippen LogP contribution in [-0.2, 0) is 6.61 Å². The van der Waals surface area contributed by atoms with Crippen molar-refractivity contribution >= 4 is 11.6 Å². The molecule has 2 rings (SSSR count). The molecule has 0 bridgehead atoms. The molecule has 2 aromatic rings. The van der Waals surface area contributed by atoms with Crippen molar-refractivity contribution in [1.29, 1.82) is 0 Å². The molecule has 0 saturated heterocycles. The summed E-state index contributed by atoms with van der Waals surface area (Å²) in [7, 11) is 0. The fourth-order valence-corrected chi connectivity index (χ4v) is 2.11. The zero-order valence-electron chi connectivity index (χ0n) is 11.4. The molecule has 0 aromatic heterocycles. The summed E-state index contributed by atoms with van der Waals surface area (Å²) in [6, 6.07) is 9.71. The first-order valence-corrected chi connectivity index (χ1v) is 6.70. The maximum atomic E-state index is 13.2. The van der Waals surface area contributed by atoms with Gasteiger partial charge in [-0.05, 0) is 44.2 Å². The molecule has 4 heteroatoms. The van der Waals surface area contributed by atoms with Gasteiger partial charge < -0.3 is 9.84 Å². The Hall–Kier alpha value is -1.58. The molecule has 0 fully saturated rings. The van der Waals surface area contributed by atoms with Crippen molar-refractivity contribution in [2.75, 3.05) is 0 Å². The highest BCUT2D eigenvalue weighted by Gasteiger charge is 2.11. The summed E-state index contributed by atoms with van der Waals surface area (Å²) >= 11 is 5.99. The Labute approximate surface area is 122 Å². The van der Waals surface area contributed by atoms with Crippen LogP contribution in [0, 0.1) is 12.7 Å². The normalized spacial score (nSPS) is 12.2. The van der Waals surface area contributed by atoms with Crippen molar-refractivity contribution in [3.05, 3.63) is 63.9 Å². The van der Waals surface area contributed by atoms with Crippen LogP contribution in [0.5, 0.6) is 5.75 Å². The quantitative estimate of drug-likeness (QED) is 0.904. The summed E-state index contributed by atoms with van der Waals surface area (Å²) in [6.07, 6.45) is -0.632. The molecule has 0 heterocycles. The minimum absolute atomic E-state index is 0.152. The number of ether oxygens (including phenoxy) is 1. The van der Waals surface area contributed by atoms with E-state index in [4.69, 9.17) is 16.3 Å². The zero-order chi connectivity index (χ0) is 14.7. The van der Waals surface area contributed by atoms with Gasteiger partial charge in [0, 0.05) is 16.1 Å². The van der Waals surface area contributed by atoms with Gasteiger partial charge in [-0.2, -0.15) is 0 Å². The van der Waals surface area contributed by atoms with Gasteiger partial charge in [0.15, 0.2) is 0 Å². The Morgan fingerprint density at radius 1 is 1.25 bits per heavy atom. The molecular formula is C16H16ClFO2. The lowest BCUT2D eigenvalue weighted by Gasteiger charge is -2.15. The SMILES string of the molecule is Cc1ccc(OCc2cc(F)ccc2Cl)c(C(C)O)c1. The van der Waals surface area contributed by atoms with Crippen LogP contribution in [0.3, 0.4) is 0 Å². The Kier molecular flexibility index (Phi) is 4.63. The van der Waals surface area contributed by atoms with Crippen LogP contribution in [0.2, 0.25) is 5.02 Å². The van der Waals surface area contributed by atoms with Crippen molar-refractivity contribution < 1.29 is 14.2 Å². The Morgan fingerprint density at radius 2 is 2.00 bits per heavy atom. The van der Waals surface area contributed by atoms with Gasteiger partial charge in [-0.3, -0.25) is 0 Å². The second kappa shape index (κ2) is 6.25. The predicted octanol–water partition coefficient (Wildman–Crippen LogP) is 4.42. The summed E-state index contributed by atoms with van der Waals surface area (Å²) in [5.74, 6) is 0.221. The third-order valence-electron chi connectivity index (χ3n) is 3.01. The summed E-state index contributed by atoms with van der Waals surface area (Å²) in [6.45, 7) is 3.77. The number of halogens is 2. The van der Waals surface area contributed by atoms with Gasteiger partial charge in [0.1, 0.15) is 18.2 Å². The van der Waals surface area contributed by atoms with Crippen LogP contribution in [0.25, 0.3) is 0 Å². The van der Waals surface area contributed by atoms with E-state index in [0.29, 0.717) is 21.9 Å². The van der Waals surface area contributed by atoms with E-state index in [1.807, 2.05) is 19.1 Å². The second-order valence-electron chi connectivity index (χ2n) is 4.74. The maximum absolute atomic E-state index is 13.2. The Morgan fingerprint density at radius 3 is 2.70 bits per heavy atom. The largest absolute Gasteiger partial charge is 0.488 e. The van der Waals surface area contributed by atoms with Crippen molar-refractivity contribution in [1.82, 2.24) is 0 Å². The Bertz CT molecular complexity index is 611. The van der Waals surface area contributed by atoms with Gasteiger partial charge in [0.25, 0.3) is 0 Å². The molecule has 1 N–H and O–H groups in total. The second-order valence-corrected chi connectivity index (χ2v) is 5.15. The summed E-state index contributed by atoms with van der Waals surface area (Å²) in [4.78, 5) is 0. The number of benzene rings is 2. The number of aryl methyl sites for hydroxylation is 1. The molecule has 0 amide bonds. The van der Waals surface area contributed by atoms with Crippen LogP contribution in [0.4, 0.5) is 4.39 Å². The van der Waals surface area contributed by atoms with E-state index in [1.54, 1.807) is 13.0 Å². The first-order valence-electron chi connectivity index (χ1n) is 6.32. The highest BCUT2D eigenvalue weighted by atomic mass is 35.5. The standard InChI is InChI=1S/C16H16ClFO2/c1-10-3-6-16(14(7-10)11(2)19)20-9-12-8-13(18)4-5-15(12)17/h3-8,11,19H,9H2,1-2H3.